The average molecular weight is 494 g/mol. The normalized spacial score (nSPS) is 20.2. The summed E-state index contributed by atoms with van der Waals surface area (Å²) in [6.45, 7) is -0.309. The van der Waals surface area contributed by atoms with Crippen molar-refractivity contribution in [1.82, 2.24) is 14.5 Å². The summed E-state index contributed by atoms with van der Waals surface area (Å²) in [6, 6.07) is 6.56. The third kappa shape index (κ3) is 5.24. The van der Waals surface area contributed by atoms with E-state index in [2.05, 4.69) is 4.98 Å². The van der Waals surface area contributed by atoms with E-state index in [1.807, 2.05) is 0 Å². The Hall–Kier alpha value is -2.40. The Balaban J connectivity index is 1.60. The second-order valence-corrected chi connectivity index (χ2v) is 11.6. The Morgan fingerprint density at radius 3 is 2.58 bits per heavy atom. The Kier molecular flexibility index (Phi) is 7.08. The summed E-state index contributed by atoms with van der Waals surface area (Å²) >= 11 is 1.09. The highest BCUT2D eigenvalue weighted by Gasteiger charge is 2.39. The first-order valence-electron chi connectivity index (χ1n) is 11.0. The predicted octanol–water partition coefficient (Wildman–Crippen LogP) is 1.62. The number of esters is 1. The van der Waals surface area contributed by atoms with E-state index in [0.717, 1.165) is 37.4 Å². The Bertz CT molecular complexity index is 1220. The third-order valence-electron chi connectivity index (χ3n) is 6.27. The minimum atomic E-state index is -3.13. The zero-order valence-corrected chi connectivity index (χ0v) is 20.1. The molecule has 1 aromatic heterocycles. The maximum atomic E-state index is 13.3. The van der Waals surface area contributed by atoms with Crippen LogP contribution in [-0.4, -0.2) is 71.2 Å². The summed E-state index contributed by atoms with van der Waals surface area (Å²) in [5, 5.41) is 0.628. The van der Waals surface area contributed by atoms with Crippen molar-refractivity contribution in [2.75, 3.05) is 24.4 Å². The molecule has 0 N–H and O–H groups in total. The molecule has 33 heavy (non-hydrogen) atoms. The number of para-hydroxylation sites is 1. The Labute approximate surface area is 196 Å². The van der Waals surface area contributed by atoms with Crippen LogP contribution < -0.4 is 5.56 Å². The number of sulfone groups is 1. The van der Waals surface area contributed by atoms with Gasteiger partial charge in [-0.2, -0.15) is 0 Å². The number of methoxy groups -OCH3 is 1. The number of thioether (sulfide) groups is 1. The van der Waals surface area contributed by atoms with Gasteiger partial charge in [0, 0.05) is 12.1 Å². The Morgan fingerprint density at radius 2 is 1.91 bits per heavy atom. The van der Waals surface area contributed by atoms with Crippen molar-refractivity contribution in [1.29, 1.82) is 0 Å². The molecule has 178 valence electrons. The van der Waals surface area contributed by atoms with Crippen molar-refractivity contribution in [3.8, 4) is 0 Å². The van der Waals surface area contributed by atoms with Crippen LogP contribution in [0.5, 0.6) is 0 Å². The van der Waals surface area contributed by atoms with Crippen LogP contribution in [0.4, 0.5) is 0 Å². The molecule has 0 spiro atoms. The molecule has 1 saturated carbocycles. The molecular formula is C22H27N3O6S2. The molecular weight excluding hydrogens is 466 g/mol. The van der Waals surface area contributed by atoms with Crippen LogP contribution in [-0.2, 0) is 30.7 Å². The number of hydrogen-bond donors (Lipinski definition) is 0. The van der Waals surface area contributed by atoms with Gasteiger partial charge in [-0.05, 0) is 31.4 Å². The summed E-state index contributed by atoms with van der Waals surface area (Å²) < 4.78 is 30.1. The second-order valence-electron chi connectivity index (χ2n) is 8.46. The van der Waals surface area contributed by atoms with E-state index >= 15 is 0 Å². The number of benzene rings is 1. The number of carbonyl (C=O) groups is 2. The summed E-state index contributed by atoms with van der Waals surface area (Å²) in [7, 11) is -1.89. The van der Waals surface area contributed by atoms with Gasteiger partial charge in [0.15, 0.2) is 15.0 Å². The van der Waals surface area contributed by atoms with Gasteiger partial charge in [-0.25, -0.2) is 13.4 Å². The van der Waals surface area contributed by atoms with Crippen molar-refractivity contribution in [2.45, 2.75) is 55.9 Å². The highest BCUT2D eigenvalue weighted by Crippen LogP contribution is 2.30. The van der Waals surface area contributed by atoms with Crippen LogP contribution in [0.3, 0.4) is 0 Å². The topological polar surface area (TPSA) is 116 Å². The molecule has 0 bridgehead atoms. The molecule has 0 unspecified atom stereocenters. The van der Waals surface area contributed by atoms with Crippen molar-refractivity contribution in [3.63, 3.8) is 0 Å². The lowest BCUT2D eigenvalue weighted by Crippen LogP contribution is -2.47. The fourth-order valence-electron chi connectivity index (χ4n) is 4.67. The van der Waals surface area contributed by atoms with Crippen LogP contribution in [0.25, 0.3) is 10.9 Å². The lowest BCUT2D eigenvalue weighted by atomic mass is 10.1. The maximum Gasteiger partial charge on any atom is 0.325 e. The van der Waals surface area contributed by atoms with E-state index in [-0.39, 0.29) is 52.5 Å². The highest BCUT2D eigenvalue weighted by molar-refractivity contribution is 7.99. The summed E-state index contributed by atoms with van der Waals surface area (Å²) in [6.07, 6.45) is 4.23. The molecule has 1 aliphatic heterocycles. The summed E-state index contributed by atoms with van der Waals surface area (Å²) in [5.41, 5.74) is 0.101. The lowest BCUT2D eigenvalue weighted by molar-refractivity contribution is -0.141. The number of fused-ring (bicyclic) bond motifs is 1. The van der Waals surface area contributed by atoms with Crippen molar-refractivity contribution in [3.05, 3.63) is 34.6 Å². The molecule has 1 atom stereocenters. The standard InChI is InChI=1S/C22H27N3O6S2/c1-31-20(27)12-24-21(28)17-8-4-5-9-18(17)23-22(24)32-13-19(26)25(15-6-2-3-7-15)16-10-11-33(29,30)14-16/h4-5,8-9,15-16H,2-3,6-7,10-14H2,1H3/t16-/m1/s1. The van der Waals surface area contributed by atoms with Crippen molar-refractivity contribution in [2.24, 2.45) is 0 Å². The third-order valence-corrected chi connectivity index (χ3v) is 8.99. The summed E-state index contributed by atoms with van der Waals surface area (Å²) in [4.78, 5) is 44.6. The smallest absolute Gasteiger partial charge is 0.325 e. The molecule has 0 radical (unpaired) electrons. The molecule has 1 aliphatic carbocycles. The molecule has 1 aromatic carbocycles. The van der Waals surface area contributed by atoms with E-state index in [0.29, 0.717) is 17.3 Å². The van der Waals surface area contributed by atoms with Crippen molar-refractivity contribution >= 4 is 44.4 Å². The number of carbonyl (C=O) groups excluding carboxylic acids is 2. The van der Waals surface area contributed by atoms with Gasteiger partial charge in [0.2, 0.25) is 5.91 Å². The number of amides is 1. The molecule has 9 nitrogen and oxygen atoms in total. The fourth-order valence-corrected chi connectivity index (χ4v) is 7.25. The van der Waals surface area contributed by atoms with Gasteiger partial charge in [-0.3, -0.25) is 19.0 Å². The molecule has 4 rings (SSSR count). The first kappa shape index (κ1) is 23.7. The minimum absolute atomic E-state index is 0.000992. The minimum Gasteiger partial charge on any atom is -0.468 e. The first-order valence-corrected chi connectivity index (χ1v) is 13.8. The molecule has 2 aromatic rings. The fraction of sp³-hybridized carbons (Fsp3) is 0.545. The van der Waals surface area contributed by atoms with Crippen molar-refractivity contribution < 1.29 is 22.7 Å². The van der Waals surface area contributed by atoms with Gasteiger partial charge in [0.1, 0.15) is 6.54 Å². The molecule has 1 saturated heterocycles. The van der Waals surface area contributed by atoms with Crippen LogP contribution in [0.1, 0.15) is 32.1 Å². The van der Waals surface area contributed by atoms with Crippen LogP contribution in [0.15, 0.2) is 34.2 Å². The maximum absolute atomic E-state index is 13.3. The van der Waals surface area contributed by atoms with Gasteiger partial charge >= 0.3 is 5.97 Å². The molecule has 2 fully saturated rings. The largest absolute Gasteiger partial charge is 0.468 e. The number of rotatable bonds is 7. The van der Waals surface area contributed by atoms with Gasteiger partial charge in [0.25, 0.3) is 5.56 Å². The van der Waals surface area contributed by atoms with Gasteiger partial charge in [-0.15, -0.1) is 0 Å². The first-order chi connectivity index (χ1) is 15.8. The van der Waals surface area contributed by atoms with Gasteiger partial charge < -0.3 is 9.64 Å². The lowest BCUT2D eigenvalue weighted by Gasteiger charge is -2.34. The monoisotopic (exact) mass is 493 g/mol. The predicted molar refractivity (Wildman–Crippen MR) is 125 cm³/mol. The molecule has 2 heterocycles. The number of aromatic nitrogens is 2. The number of ether oxygens (including phenoxy) is 1. The Morgan fingerprint density at radius 1 is 1.18 bits per heavy atom. The highest BCUT2D eigenvalue weighted by atomic mass is 32.2. The summed E-state index contributed by atoms with van der Waals surface area (Å²) in [5.74, 6) is -0.654. The SMILES string of the molecule is COC(=O)Cn1c(SCC(=O)N(C2CCCC2)[C@@H]2CCS(=O)(=O)C2)nc2ccccc2c1=O. The number of nitrogens with zero attached hydrogens (tertiary/aromatic N) is 3. The van der Waals surface area contributed by atoms with Crippen LogP contribution >= 0.6 is 11.8 Å². The molecule has 1 amide bonds. The van der Waals surface area contributed by atoms with E-state index in [4.69, 9.17) is 4.74 Å². The number of hydrogen-bond acceptors (Lipinski definition) is 8. The van der Waals surface area contributed by atoms with Gasteiger partial charge in [0.05, 0.1) is 35.3 Å². The van der Waals surface area contributed by atoms with E-state index in [9.17, 15) is 22.8 Å². The zero-order valence-electron chi connectivity index (χ0n) is 18.4. The molecule has 11 heteroatoms. The second kappa shape index (κ2) is 9.84. The molecule has 2 aliphatic rings. The van der Waals surface area contributed by atoms with Crippen LogP contribution in [0.2, 0.25) is 0 Å². The zero-order chi connectivity index (χ0) is 23.6. The van der Waals surface area contributed by atoms with Gasteiger partial charge in [-0.1, -0.05) is 36.7 Å². The van der Waals surface area contributed by atoms with E-state index in [1.54, 1.807) is 29.2 Å². The average Bonchev–Trinajstić information content (AvgIpc) is 3.44. The van der Waals surface area contributed by atoms with E-state index in [1.165, 1.54) is 11.7 Å². The quantitative estimate of drug-likeness (QED) is 0.325. The van der Waals surface area contributed by atoms with Crippen LogP contribution in [0, 0.1) is 0 Å². The van der Waals surface area contributed by atoms with E-state index < -0.39 is 15.8 Å².